The molecule has 3 nitrogen and oxygen atoms in total. The van der Waals surface area contributed by atoms with Gasteiger partial charge in [0.2, 0.25) is 0 Å². The molecule has 28 heavy (non-hydrogen) atoms. The van der Waals surface area contributed by atoms with Crippen LogP contribution in [0, 0.1) is 11.3 Å². The quantitative estimate of drug-likeness (QED) is 0.542. The molecule has 2 aromatic carbocycles. The number of fused-ring (bicyclic) bond motifs is 4. The topological polar surface area (TPSA) is 41.1 Å². The van der Waals surface area contributed by atoms with Gasteiger partial charge in [-0.15, -0.1) is 11.3 Å². The number of amides is 1. The zero-order valence-corrected chi connectivity index (χ0v) is 17.5. The minimum absolute atomic E-state index is 0.0682. The van der Waals surface area contributed by atoms with Crippen LogP contribution in [-0.2, 0) is 12.8 Å². The van der Waals surface area contributed by atoms with Crippen LogP contribution < -0.4 is 10.6 Å². The van der Waals surface area contributed by atoms with E-state index in [4.69, 9.17) is 0 Å². The van der Waals surface area contributed by atoms with E-state index in [1.807, 2.05) is 0 Å². The van der Waals surface area contributed by atoms with E-state index < -0.39 is 0 Å². The molecule has 0 saturated carbocycles. The van der Waals surface area contributed by atoms with Crippen molar-refractivity contribution in [3.05, 3.63) is 64.0 Å². The maximum absolute atomic E-state index is 13.0. The summed E-state index contributed by atoms with van der Waals surface area (Å²) < 4.78 is 0. The summed E-state index contributed by atoms with van der Waals surface area (Å²) in [6.45, 7) is 6.99. The van der Waals surface area contributed by atoms with E-state index in [0.29, 0.717) is 11.3 Å². The van der Waals surface area contributed by atoms with Crippen LogP contribution in [-0.4, -0.2) is 5.91 Å². The summed E-state index contributed by atoms with van der Waals surface area (Å²) in [7, 11) is 0. The molecule has 1 aliphatic heterocycles. The molecule has 2 aliphatic rings. The highest BCUT2D eigenvalue weighted by Crippen LogP contribution is 2.46. The van der Waals surface area contributed by atoms with Crippen LogP contribution in [0.2, 0.25) is 0 Å². The highest BCUT2D eigenvalue weighted by atomic mass is 32.1. The third-order valence-electron chi connectivity index (χ3n) is 6.37. The second-order valence-electron chi connectivity index (χ2n) is 9.17. The van der Waals surface area contributed by atoms with Gasteiger partial charge >= 0.3 is 0 Å². The Labute approximate surface area is 170 Å². The highest BCUT2D eigenvalue weighted by molar-refractivity contribution is 7.16. The molecule has 1 aliphatic carbocycles. The van der Waals surface area contributed by atoms with Crippen LogP contribution in [0.1, 0.15) is 59.7 Å². The Bertz CT molecular complexity index is 1080. The molecule has 0 fully saturated rings. The molecule has 4 heteroatoms. The van der Waals surface area contributed by atoms with E-state index >= 15 is 0 Å². The smallest absolute Gasteiger partial charge is 0.256 e. The van der Waals surface area contributed by atoms with E-state index in [1.165, 1.54) is 27.6 Å². The summed E-state index contributed by atoms with van der Waals surface area (Å²) in [5, 5.41) is 10.2. The van der Waals surface area contributed by atoms with Crippen molar-refractivity contribution in [2.45, 2.75) is 46.2 Å². The molecule has 0 radical (unpaired) electrons. The fraction of sp³-hybridized carbons (Fsp3) is 0.375. The molecular formula is C24H26N2OS. The molecule has 0 bridgehead atoms. The summed E-state index contributed by atoms with van der Waals surface area (Å²) in [6.07, 6.45) is 3.09. The molecule has 0 unspecified atom stereocenters. The maximum atomic E-state index is 13.0. The monoisotopic (exact) mass is 390 g/mol. The van der Waals surface area contributed by atoms with Crippen molar-refractivity contribution in [2.24, 2.45) is 11.3 Å². The third-order valence-corrected chi connectivity index (χ3v) is 7.56. The highest BCUT2D eigenvalue weighted by Gasteiger charge is 2.36. The molecule has 144 valence electrons. The number of benzene rings is 2. The third kappa shape index (κ3) is 2.91. The first-order chi connectivity index (χ1) is 13.4. The summed E-state index contributed by atoms with van der Waals surface area (Å²) in [5.41, 5.74) is 3.58. The van der Waals surface area contributed by atoms with Crippen molar-refractivity contribution in [3.63, 3.8) is 0 Å². The van der Waals surface area contributed by atoms with Gasteiger partial charge in [-0.25, -0.2) is 0 Å². The normalized spacial score (nSPS) is 21.6. The van der Waals surface area contributed by atoms with Gasteiger partial charge in [0.05, 0.1) is 5.56 Å². The van der Waals surface area contributed by atoms with Crippen molar-refractivity contribution >= 4 is 33.0 Å². The Morgan fingerprint density at radius 2 is 1.82 bits per heavy atom. The van der Waals surface area contributed by atoms with Gasteiger partial charge in [-0.2, -0.15) is 0 Å². The molecule has 2 N–H and O–H groups in total. The Morgan fingerprint density at radius 3 is 2.61 bits per heavy atom. The Morgan fingerprint density at radius 1 is 1.04 bits per heavy atom. The largest absolute Gasteiger partial charge is 0.353 e. The zero-order valence-electron chi connectivity index (χ0n) is 16.6. The van der Waals surface area contributed by atoms with Crippen LogP contribution in [0.25, 0.3) is 10.8 Å². The summed E-state index contributed by atoms with van der Waals surface area (Å²) in [5.74, 6) is 0.748. The van der Waals surface area contributed by atoms with Crippen LogP contribution in [0.4, 0.5) is 5.00 Å². The van der Waals surface area contributed by atoms with Crippen LogP contribution >= 0.6 is 11.3 Å². The Kier molecular flexibility index (Phi) is 4.02. The first kappa shape index (κ1) is 17.7. The average Bonchev–Trinajstić information content (AvgIpc) is 3.05. The second-order valence-corrected chi connectivity index (χ2v) is 10.3. The summed E-state index contributed by atoms with van der Waals surface area (Å²) in [4.78, 5) is 14.4. The van der Waals surface area contributed by atoms with E-state index in [-0.39, 0.29) is 12.1 Å². The molecule has 1 aromatic heterocycles. The van der Waals surface area contributed by atoms with Crippen molar-refractivity contribution in [3.8, 4) is 0 Å². The Balaban J connectivity index is 1.47. The van der Waals surface area contributed by atoms with Crippen LogP contribution in [0.15, 0.2) is 42.5 Å². The molecule has 0 saturated heterocycles. The lowest BCUT2D eigenvalue weighted by atomic mass is 9.72. The number of hydrogen-bond donors (Lipinski definition) is 2. The standard InChI is InChI=1S/C24H26N2OS/c1-24(2,3)17-10-11-18-19(13-17)28-23-20(18)22(27)25-21(26-23)16-9-8-14-6-4-5-7-15(14)12-16/h4-9,12,17,21,26H,10-11,13H2,1-3H3,(H,25,27)/t17-,21-/m1/s1. The Hall–Kier alpha value is -2.33. The average molecular weight is 391 g/mol. The van der Waals surface area contributed by atoms with Gasteiger partial charge in [-0.1, -0.05) is 57.2 Å². The van der Waals surface area contributed by atoms with Gasteiger partial charge in [0, 0.05) is 4.88 Å². The van der Waals surface area contributed by atoms with Gasteiger partial charge in [-0.05, 0) is 58.6 Å². The van der Waals surface area contributed by atoms with Crippen molar-refractivity contribution in [1.82, 2.24) is 5.32 Å². The van der Waals surface area contributed by atoms with Crippen molar-refractivity contribution in [1.29, 1.82) is 0 Å². The predicted octanol–water partition coefficient (Wildman–Crippen LogP) is 5.91. The van der Waals surface area contributed by atoms with Gasteiger partial charge in [0.15, 0.2) is 0 Å². The predicted molar refractivity (Wildman–Crippen MR) is 117 cm³/mol. The first-order valence-corrected chi connectivity index (χ1v) is 10.9. The zero-order chi connectivity index (χ0) is 19.5. The first-order valence-electron chi connectivity index (χ1n) is 10.1. The van der Waals surface area contributed by atoms with Crippen LogP contribution in [0.5, 0.6) is 0 Å². The number of carbonyl (C=O) groups is 1. The lowest BCUT2D eigenvalue weighted by molar-refractivity contribution is 0.0935. The molecular weight excluding hydrogens is 364 g/mol. The molecule has 1 amide bonds. The number of anilines is 1. The molecule has 0 spiro atoms. The van der Waals surface area contributed by atoms with Gasteiger partial charge in [-0.3, -0.25) is 4.79 Å². The van der Waals surface area contributed by atoms with Crippen LogP contribution in [0.3, 0.4) is 0 Å². The second kappa shape index (κ2) is 6.35. The van der Waals surface area contributed by atoms with Gasteiger partial charge < -0.3 is 10.6 Å². The lowest BCUT2D eigenvalue weighted by Crippen LogP contribution is -2.38. The van der Waals surface area contributed by atoms with E-state index in [2.05, 4.69) is 73.9 Å². The van der Waals surface area contributed by atoms with E-state index in [9.17, 15) is 4.79 Å². The molecule has 2 atom stereocenters. The van der Waals surface area contributed by atoms with Gasteiger partial charge in [0.1, 0.15) is 11.2 Å². The fourth-order valence-electron chi connectivity index (χ4n) is 4.59. The van der Waals surface area contributed by atoms with Gasteiger partial charge in [0.25, 0.3) is 5.91 Å². The van der Waals surface area contributed by atoms with Crippen molar-refractivity contribution in [2.75, 3.05) is 5.32 Å². The molecule has 3 aromatic rings. The SMILES string of the molecule is CC(C)(C)[C@@H]1CCc2c(sc3c2C(=O)N[C@@H](c2ccc4ccccc4c2)N3)C1. The molecule has 5 rings (SSSR count). The minimum atomic E-state index is -0.178. The number of rotatable bonds is 1. The van der Waals surface area contributed by atoms with E-state index in [1.54, 1.807) is 11.3 Å². The number of thiophene rings is 1. The molecule has 2 heterocycles. The summed E-state index contributed by atoms with van der Waals surface area (Å²) >= 11 is 1.79. The summed E-state index contributed by atoms with van der Waals surface area (Å²) in [6, 6.07) is 14.7. The number of carbonyl (C=O) groups excluding carboxylic acids is 1. The fourth-order valence-corrected chi connectivity index (χ4v) is 5.94. The lowest BCUT2D eigenvalue weighted by Gasteiger charge is -2.34. The van der Waals surface area contributed by atoms with E-state index in [0.717, 1.165) is 29.0 Å². The van der Waals surface area contributed by atoms with Crippen molar-refractivity contribution < 1.29 is 4.79 Å². The maximum Gasteiger partial charge on any atom is 0.256 e. The number of hydrogen-bond acceptors (Lipinski definition) is 3. The minimum Gasteiger partial charge on any atom is -0.353 e. The number of nitrogens with one attached hydrogen (secondary N) is 2.